The Hall–Kier alpha value is -0.870. The molecule has 0 radical (unpaired) electrons. The molecule has 1 unspecified atom stereocenters. The zero-order chi connectivity index (χ0) is 12.3. The first-order valence-corrected chi connectivity index (χ1v) is 7.63. The normalized spacial score (nSPS) is 25.7. The van der Waals surface area contributed by atoms with E-state index in [2.05, 4.69) is 11.6 Å². The van der Waals surface area contributed by atoms with Gasteiger partial charge in [0.05, 0.1) is 4.90 Å². The van der Waals surface area contributed by atoms with Crippen molar-refractivity contribution in [3.63, 3.8) is 0 Å². The predicted octanol–water partition coefficient (Wildman–Crippen LogP) is 2.54. The molecule has 1 aromatic rings. The number of benzene rings is 1. The van der Waals surface area contributed by atoms with E-state index in [0.29, 0.717) is 10.8 Å². The Balaban J connectivity index is 2.07. The van der Waals surface area contributed by atoms with Crippen LogP contribution in [0.4, 0.5) is 0 Å². The molecule has 0 saturated heterocycles. The highest BCUT2D eigenvalue weighted by Gasteiger charge is 2.24. The Morgan fingerprint density at radius 1 is 1.18 bits per heavy atom. The van der Waals surface area contributed by atoms with E-state index in [4.69, 9.17) is 0 Å². The van der Waals surface area contributed by atoms with Crippen molar-refractivity contribution in [1.29, 1.82) is 0 Å². The predicted molar refractivity (Wildman–Crippen MR) is 68.2 cm³/mol. The summed E-state index contributed by atoms with van der Waals surface area (Å²) in [6.07, 6.45) is 4.23. The summed E-state index contributed by atoms with van der Waals surface area (Å²) in [5.41, 5.74) is 0. The molecule has 4 heteroatoms. The summed E-state index contributed by atoms with van der Waals surface area (Å²) in [6, 6.07) is 8.69. The fourth-order valence-electron chi connectivity index (χ4n) is 2.43. The monoisotopic (exact) mass is 253 g/mol. The van der Waals surface area contributed by atoms with Gasteiger partial charge < -0.3 is 0 Å². The second-order valence-corrected chi connectivity index (χ2v) is 6.62. The van der Waals surface area contributed by atoms with Crippen LogP contribution in [0.1, 0.15) is 32.6 Å². The molecule has 1 fully saturated rings. The molecule has 0 amide bonds. The Bertz CT molecular complexity index is 456. The molecule has 17 heavy (non-hydrogen) atoms. The van der Waals surface area contributed by atoms with Crippen molar-refractivity contribution in [2.75, 3.05) is 0 Å². The summed E-state index contributed by atoms with van der Waals surface area (Å²) in [7, 11) is -3.33. The van der Waals surface area contributed by atoms with Gasteiger partial charge in [-0.15, -0.1) is 0 Å². The van der Waals surface area contributed by atoms with E-state index in [1.165, 1.54) is 6.42 Å². The van der Waals surface area contributed by atoms with Crippen molar-refractivity contribution in [2.45, 2.75) is 43.5 Å². The lowest BCUT2D eigenvalue weighted by Crippen LogP contribution is -2.37. The van der Waals surface area contributed by atoms with Crippen molar-refractivity contribution < 1.29 is 8.42 Å². The molecule has 1 aromatic carbocycles. The van der Waals surface area contributed by atoms with E-state index in [0.717, 1.165) is 19.3 Å². The van der Waals surface area contributed by atoms with Crippen LogP contribution in [-0.2, 0) is 10.0 Å². The third kappa shape index (κ3) is 3.30. The van der Waals surface area contributed by atoms with Crippen LogP contribution in [0, 0.1) is 5.92 Å². The van der Waals surface area contributed by atoms with Gasteiger partial charge in [0.2, 0.25) is 10.0 Å². The second-order valence-electron chi connectivity index (χ2n) is 4.90. The first-order valence-electron chi connectivity index (χ1n) is 6.15. The number of nitrogens with one attached hydrogen (secondary N) is 1. The standard InChI is InChI=1S/C13H19NO2S/c1-11-6-5-7-12(10-11)14-17(15,16)13-8-3-2-4-9-13/h2-4,8-9,11-12,14H,5-7,10H2,1H3/t11-,12?/m0/s1. The fourth-order valence-corrected chi connectivity index (χ4v) is 3.73. The number of rotatable bonds is 3. The quantitative estimate of drug-likeness (QED) is 0.899. The van der Waals surface area contributed by atoms with Gasteiger partial charge in [0.25, 0.3) is 0 Å². The third-order valence-electron chi connectivity index (χ3n) is 3.31. The van der Waals surface area contributed by atoms with Crippen molar-refractivity contribution in [1.82, 2.24) is 4.72 Å². The molecule has 2 atom stereocenters. The molecule has 0 aromatic heterocycles. The highest BCUT2D eigenvalue weighted by molar-refractivity contribution is 7.89. The summed E-state index contributed by atoms with van der Waals surface area (Å²) in [5.74, 6) is 0.618. The van der Waals surface area contributed by atoms with Crippen LogP contribution in [0.2, 0.25) is 0 Å². The minimum absolute atomic E-state index is 0.101. The van der Waals surface area contributed by atoms with Crippen LogP contribution < -0.4 is 4.72 Å². The lowest BCUT2D eigenvalue weighted by atomic mass is 9.88. The first-order chi connectivity index (χ1) is 8.08. The van der Waals surface area contributed by atoms with Gasteiger partial charge in [0, 0.05) is 6.04 Å². The van der Waals surface area contributed by atoms with Crippen LogP contribution >= 0.6 is 0 Å². The Kier molecular flexibility index (Phi) is 3.84. The Labute approximate surface area is 103 Å². The van der Waals surface area contributed by atoms with Gasteiger partial charge in [-0.3, -0.25) is 0 Å². The third-order valence-corrected chi connectivity index (χ3v) is 4.85. The SMILES string of the molecule is C[C@H]1CCCC(NS(=O)(=O)c2ccccc2)C1. The van der Waals surface area contributed by atoms with Crippen LogP contribution in [-0.4, -0.2) is 14.5 Å². The first kappa shape index (κ1) is 12.6. The summed E-state index contributed by atoms with van der Waals surface area (Å²) in [4.78, 5) is 0.359. The smallest absolute Gasteiger partial charge is 0.208 e. The molecule has 1 aliphatic carbocycles. The summed E-state index contributed by atoms with van der Waals surface area (Å²) in [6.45, 7) is 2.18. The van der Waals surface area contributed by atoms with Crippen LogP contribution in [0.5, 0.6) is 0 Å². The van der Waals surface area contributed by atoms with E-state index in [9.17, 15) is 8.42 Å². The molecule has 1 N–H and O–H groups in total. The van der Waals surface area contributed by atoms with E-state index in [1.54, 1.807) is 24.3 Å². The average Bonchev–Trinajstić information content (AvgIpc) is 2.29. The summed E-state index contributed by atoms with van der Waals surface area (Å²) in [5, 5.41) is 0. The van der Waals surface area contributed by atoms with Crippen molar-refractivity contribution in [2.24, 2.45) is 5.92 Å². The molecule has 2 rings (SSSR count). The summed E-state index contributed by atoms with van der Waals surface area (Å²) >= 11 is 0. The molecule has 0 spiro atoms. The molecule has 1 saturated carbocycles. The zero-order valence-electron chi connectivity index (χ0n) is 10.1. The molecular weight excluding hydrogens is 234 g/mol. The molecule has 3 nitrogen and oxygen atoms in total. The number of hydrogen-bond acceptors (Lipinski definition) is 2. The maximum Gasteiger partial charge on any atom is 0.240 e. The zero-order valence-corrected chi connectivity index (χ0v) is 10.9. The highest BCUT2D eigenvalue weighted by Crippen LogP contribution is 2.24. The topological polar surface area (TPSA) is 46.2 Å². The minimum atomic E-state index is -3.33. The molecule has 1 aliphatic rings. The van der Waals surface area contributed by atoms with Crippen LogP contribution in [0.3, 0.4) is 0 Å². The maximum absolute atomic E-state index is 12.1. The fraction of sp³-hybridized carbons (Fsp3) is 0.538. The van der Waals surface area contributed by atoms with Crippen LogP contribution in [0.15, 0.2) is 35.2 Å². The number of hydrogen-bond donors (Lipinski definition) is 1. The minimum Gasteiger partial charge on any atom is -0.208 e. The van der Waals surface area contributed by atoms with Gasteiger partial charge >= 0.3 is 0 Å². The van der Waals surface area contributed by atoms with Gasteiger partial charge in [-0.1, -0.05) is 38.0 Å². The van der Waals surface area contributed by atoms with Gasteiger partial charge in [0.15, 0.2) is 0 Å². The molecule has 94 valence electrons. The van der Waals surface area contributed by atoms with Crippen molar-refractivity contribution >= 4 is 10.0 Å². The summed E-state index contributed by atoms with van der Waals surface area (Å²) < 4.78 is 27.0. The largest absolute Gasteiger partial charge is 0.240 e. The van der Waals surface area contributed by atoms with Gasteiger partial charge in [-0.05, 0) is 30.9 Å². The number of sulfonamides is 1. The Morgan fingerprint density at radius 3 is 2.53 bits per heavy atom. The van der Waals surface area contributed by atoms with E-state index in [-0.39, 0.29) is 6.04 Å². The molecule has 0 bridgehead atoms. The molecule has 0 heterocycles. The molecule has 0 aliphatic heterocycles. The van der Waals surface area contributed by atoms with E-state index < -0.39 is 10.0 Å². The van der Waals surface area contributed by atoms with Crippen molar-refractivity contribution in [3.8, 4) is 0 Å². The lowest BCUT2D eigenvalue weighted by Gasteiger charge is -2.27. The average molecular weight is 253 g/mol. The van der Waals surface area contributed by atoms with E-state index >= 15 is 0 Å². The van der Waals surface area contributed by atoms with Gasteiger partial charge in [-0.2, -0.15) is 0 Å². The van der Waals surface area contributed by atoms with Gasteiger partial charge in [-0.25, -0.2) is 13.1 Å². The lowest BCUT2D eigenvalue weighted by molar-refractivity contribution is 0.327. The van der Waals surface area contributed by atoms with Crippen LogP contribution in [0.25, 0.3) is 0 Å². The second kappa shape index (κ2) is 5.19. The highest BCUT2D eigenvalue weighted by atomic mass is 32.2. The van der Waals surface area contributed by atoms with Gasteiger partial charge in [0.1, 0.15) is 0 Å². The van der Waals surface area contributed by atoms with Crippen molar-refractivity contribution in [3.05, 3.63) is 30.3 Å². The maximum atomic E-state index is 12.1. The Morgan fingerprint density at radius 2 is 1.88 bits per heavy atom. The molecular formula is C13H19NO2S. The van der Waals surface area contributed by atoms with E-state index in [1.807, 2.05) is 6.07 Å².